The minimum atomic E-state index is -0.0919. The fourth-order valence-corrected chi connectivity index (χ4v) is 2.86. The van der Waals surface area contributed by atoms with Gasteiger partial charge in [0, 0.05) is 18.0 Å². The van der Waals surface area contributed by atoms with E-state index in [0.717, 1.165) is 12.8 Å². The first-order valence-electron chi connectivity index (χ1n) is 8.26. The van der Waals surface area contributed by atoms with Gasteiger partial charge in [0.2, 0.25) is 12.7 Å². The molecule has 1 saturated carbocycles. The van der Waals surface area contributed by atoms with Crippen molar-refractivity contribution < 1.29 is 18.8 Å². The Kier molecular flexibility index (Phi) is 3.84. The summed E-state index contributed by atoms with van der Waals surface area (Å²) in [7, 11) is 0. The molecule has 1 amide bonds. The summed E-state index contributed by atoms with van der Waals surface area (Å²) in [5.41, 5.74) is 0.559. The first-order valence-corrected chi connectivity index (χ1v) is 8.26. The summed E-state index contributed by atoms with van der Waals surface area (Å²) in [6, 6.07) is 5.21. The molecule has 126 valence electrons. The standard InChI is InChI=1S/C17H19N3O4/c1-2-20(9-15-18-16(24-19-15)11-4-3-5-11)17(21)12-6-7-13-14(8-12)23-10-22-13/h6-8,11H,2-5,9-10H2,1H3. The Hall–Kier alpha value is -2.57. The molecule has 2 aliphatic rings. The van der Waals surface area contributed by atoms with Gasteiger partial charge in [0.05, 0.1) is 6.54 Å². The molecule has 4 rings (SSSR count). The van der Waals surface area contributed by atoms with Gasteiger partial charge >= 0.3 is 0 Å². The van der Waals surface area contributed by atoms with Crippen LogP contribution in [0.15, 0.2) is 22.7 Å². The lowest BCUT2D eigenvalue weighted by Crippen LogP contribution is -2.30. The number of benzene rings is 1. The van der Waals surface area contributed by atoms with E-state index in [2.05, 4.69) is 10.1 Å². The molecule has 0 spiro atoms. The quantitative estimate of drug-likeness (QED) is 0.839. The van der Waals surface area contributed by atoms with E-state index in [4.69, 9.17) is 14.0 Å². The normalized spacial score (nSPS) is 16.0. The average Bonchev–Trinajstić information content (AvgIpc) is 3.18. The van der Waals surface area contributed by atoms with E-state index in [1.54, 1.807) is 23.1 Å². The van der Waals surface area contributed by atoms with E-state index in [-0.39, 0.29) is 12.7 Å². The highest BCUT2D eigenvalue weighted by molar-refractivity contribution is 5.94. The van der Waals surface area contributed by atoms with Gasteiger partial charge < -0.3 is 18.9 Å². The first-order chi connectivity index (χ1) is 11.7. The number of carbonyl (C=O) groups excluding carboxylic acids is 1. The summed E-state index contributed by atoms with van der Waals surface area (Å²) in [6.45, 7) is 3.01. The Morgan fingerprint density at radius 2 is 2.12 bits per heavy atom. The molecule has 0 N–H and O–H groups in total. The Morgan fingerprint density at radius 1 is 1.29 bits per heavy atom. The zero-order chi connectivity index (χ0) is 16.5. The second-order valence-corrected chi connectivity index (χ2v) is 6.06. The smallest absolute Gasteiger partial charge is 0.254 e. The van der Waals surface area contributed by atoms with Crippen molar-refractivity contribution in [3.05, 3.63) is 35.5 Å². The van der Waals surface area contributed by atoms with Crippen LogP contribution in [0.4, 0.5) is 0 Å². The van der Waals surface area contributed by atoms with Gasteiger partial charge in [-0.2, -0.15) is 4.98 Å². The van der Waals surface area contributed by atoms with Gasteiger partial charge in [0.15, 0.2) is 17.3 Å². The summed E-state index contributed by atoms with van der Waals surface area (Å²) in [5.74, 6) is 2.81. The van der Waals surface area contributed by atoms with Crippen LogP contribution in [0.1, 0.15) is 54.2 Å². The molecule has 0 saturated heterocycles. The van der Waals surface area contributed by atoms with Gasteiger partial charge in [-0.3, -0.25) is 4.79 Å². The molecule has 1 aromatic heterocycles. The van der Waals surface area contributed by atoms with Crippen molar-refractivity contribution in [1.29, 1.82) is 0 Å². The zero-order valence-electron chi connectivity index (χ0n) is 13.5. The summed E-state index contributed by atoms with van der Waals surface area (Å²) >= 11 is 0. The van der Waals surface area contributed by atoms with Gasteiger partial charge in [-0.1, -0.05) is 11.6 Å². The number of carbonyl (C=O) groups is 1. The molecule has 7 heteroatoms. The van der Waals surface area contributed by atoms with Crippen molar-refractivity contribution in [2.24, 2.45) is 0 Å². The van der Waals surface area contributed by atoms with Crippen LogP contribution >= 0.6 is 0 Å². The molecular weight excluding hydrogens is 310 g/mol. The van der Waals surface area contributed by atoms with Crippen molar-refractivity contribution >= 4 is 5.91 Å². The topological polar surface area (TPSA) is 77.7 Å². The zero-order valence-corrected chi connectivity index (χ0v) is 13.5. The summed E-state index contributed by atoms with van der Waals surface area (Å²) in [6.07, 6.45) is 3.43. The second kappa shape index (κ2) is 6.14. The molecule has 24 heavy (non-hydrogen) atoms. The minimum Gasteiger partial charge on any atom is -0.454 e. The van der Waals surface area contributed by atoms with Crippen molar-refractivity contribution in [2.45, 2.75) is 38.6 Å². The lowest BCUT2D eigenvalue weighted by Gasteiger charge is -2.21. The molecule has 0 radical (unpaired) electrons. The maximum atomic E-state index is 12.7. The van der Waals surface area contributed by atoms with Crippen LogP contribution in [0.3, 0.4) is 0 Å². The molecule has 0 atom stereocenters. The lowest BCUT2D eigenvalue weighted by molar-refractivity contribution is 0.0747. The minimum absolute atomic E-state index is 0.0919. The van der Waals surface area contributed by atoms with Gasteiger partial charge in [-0.05, 0) is 38.0 Å². The van der Waals surface area contributed by atoms with Gasteiger partial charge in [-0.15, -0.1) is 0 Å². The van der Waals surface area contributed by atoms with E-state index in [1.807, 2.05) is 6.92 Å². The molecule has 7 nitrogen and oxygen atoms in total. The van der Waals surface area contributed by atoms with Crippen LogP contribution in [0, 0.1) is 0 Å². The van der Waals surface area contributed by atoms with Crippen molar-refractivity contribution in [1.82, 2.24) is 15.0 Å². The Bertz CT molecular complexity index is 754. The number of ether oxygens (including phenoxy) is 2. The van der Waals surface area contributed by atoms with Gasteiger partial charge in [0.25, 0.3) is 5.91 Å². The van der Waals surface area contributed by atoms with Gasteiger partial charge in [-0.25, -0.2) is 0 Å². The van der Waals surface area contributed by atoms with Crippen LogP contribution in [0.25, 0.3) is 0 Å². The largest absolute Gasteiger partial charge is 0.454 e. The van der Waals surface area contributed by atoms with Gasteiger partial charge in [0.1, 0.15) is 0 Å². The molecule has 1 fully saturated rings. The number of fused-ring (bicyclic) bond motifs is 1. The summed E-state index contributed by atoms with van der Waals surface area (Å²) < 4.78 is 15.9. The number of amides is 1. The Balaban J connectivity index is 1.48. The third kappa shape index (κ3) is 2.70. The first kappa shape index (κ1) is 15.0. The van der Waals surface area contributed by atoms with E-state index in [9.17, 15) is 4.79 Å². The van der Waals surface area contributed by atoms with Crippen molar-refractivity contribution in [3.8, 4) is 11.5 Å². The maximum Gasteiger partial charge on any atom is 0.254 e. The van der Waals surface area contributed by atoms with Crippen LogP contribution in [-0.2, 0) is 6.54 Å². The number of hydrogen-bond donors (Lipinski definition) is 0. The van der Waals surface area contributed by atoms with E-state index in [0.29, 0.717) is 47.8 Å². The number of aromatic nitrogens is 2. The maximum absolute atomic E-state index is 12.7. The molecular formula is C17H19N3O4. The highest BCUT2D eigenvalue weighted by atomic mass is 16.7. The molecule has 1 aromatic carbocycles. The second-order valence-electron chi connectivity index (χ2n) is 6.06. The number of hydrogen-bond acceptors (Lipinski definition) is 6. The number of rotatable bonds is 5. The van der Waals surface area contributed by atoms with Crippen LogP contribution in [-0.4, -0.2) is 34.3 Å². The highest BCUT2D eigenvalue weighted by Crippen LogP contribution is 2.35. The predicted molar refractivity (Wildman–Crippen MR) is 83.9 cm³/mol. The Labute approximate surface area is 139 Å². The van der Waals surface area contributed by atoms with Crippen molar-refractivity contribution in [3.63, 3.8) is 0 Å². The Morgan fingerprint density at radius 3 is 2.88 bits per heavy atom. The summed E-state index contributed by atoms with van der Waals surface area (Å²) in [4.78, 5) is 18.9. The molecule has 1 aliphatic carbocycles. The third-order valence-electron chi connectivity index (χ3n) is 4.56. The predicted octanol–water partition coefficient (Wildman–Crippen LogP) is 2.73. The molecule has 1 aliphatic heterocycles. The molecule has 2 heterocycles. The average molecular weight is 329 g/mol. The summed E-state index contributed by atoms with van der Waals surface area (Å²) in [5, 5.41) is 4.02. The van der Waals surface area contributed by atoms with E-state index >= 15 is 0 Å². The van der Waals surface area contributed by atoms with Crippen LogP contribution < -0.4 is 9.47 Å². The fourth-order valence-electron chi connectivity index (χ4n) is 2.86. The van der Waals surface area contributed by atoms with E-state index in [1.165, 1.54) is 6.42 Å². The van der Waals surface area contributed by atoms with Crippen molar-refractivity contribution in [2.75, 3.05) is 13.3 Å². The fraction of sp³-hybridized carbons (Fsp3) is 0.471. The lowest BCUT2D eigenvalue weighted by atomic mass is 9.85. The highest BCUT2D eigenvalue weighted by Gasteiger charge is 2.26. The molecule has 0 unspecified atom stereocenters. The molecule has 2 aromatic rings. The van der Waals surface area contributed by atoms with E-state index < -0.39 is 0 Å². The molecule has 0 bridgehead atoms. The van der Waals surface area contributed by atoms with Crippen LogP contribution in [0.5, 0.6) is 11.5 Å². The SMILES string of the molecule is CCN(Cc1noc(C2CCC2)n1)C(=O)c1ccc2c(c1)OCO2. The third-order valence-corrected chi connectivity index (χ3v) is 4.56. The van der Waals surface area contributed by atoms with Crippen LogP contribution in [0.2, 0.25) is 0 Å². The number of nitrogens with zero attached hydrogens (tertiary/aromatic N) is 3. The monoisotopic (exact) mass is 329 g/mol.